The lowest BCUT2D eigenvalue weighted by Crippen LogP contribution is -3.12. The Labute approximate surface area is 214 Å². The van der Waals surface area contributed by atoms with Gasteiger partial charge in [0.25, 0.3) is 0 Å². The molecule has 0 fully saturated rings. The standard InChI is InChI=1S/C22H36N6O4.2ClH/c1-5-27(6-2)15-13-23-19(29)21(31)25-17-9-11-18(12-10-17)26-22(32)20(30)24-14-16-28(7-3)8-4;;/h9-12H,5-8,13-16H2,1-4H3,(H,23,29)(H,24,30)(H,25,31)(H,26,32);2*1H. The van der Waals surface area contributed by atoms with Gasteiger partial charge in [0, 0.05) is 11.4 Å². The zero-order chi connectivity index (χ0) is 23.9. The van der Waals surface area contributed by atoms with Gasteiger partial charge in [-0.1, -0.05) is 0 Å². The summed E-state index contributed by atoms with van der Waals surface area (Å²) >= 11 is 0. The van der Waals surface area contributed by atoms with Crippen molar-refractivity contribution in [1.29, 1.82) is 0 Å². The monoisotopic (exact) mass is 520 g/mol. The smallest absolute Gasteiger partial charge is 0.313 e. The van der Waals surface area contributed by atoms with Gasteiger partial charge in [-0.15, -0.1) is 0 Å². The Morgan fingerprint density at radius 1 is 0.588 bits per heavy atom. The molecule has 0 radical (unpaired) electrons. The van der Waals surface area contributed by atoms with Crippen LogP contribution in [0.1, 0.15) is 27.7 Å². The number of carbonyl (C=O) groups is 4. The molecule has 0 aliphatic carbocycles. The van der Waals surface area contributed by atoms with E-state index in [-0.39, 0.29) is 24.8 Å². The highest BCUT2D eigenvalue weighted by Crippen LogP contribution is 2.13. The van der Waals surface area contributed by atoms with Crippen LogP contribution in [0.5, 0.6) is 0 Å². The van der Waals surface area contributed by atoms with Gasteiger partial charge in [0.05, 0.1) is 52.4 Å². The van der Waals surface area contributed by atoms with Crippen molar-refractivity contribution in [2.45, 2.75) is 27.7 Å². The van der Waals surface area contributed by atoms with Gasteiger partial charge in [-0.25, -0.2) is 0 Å². The van der Waals surface area contributed by atoms with Crippen LogP contribution in [0, 0.1) is 0 Å². The fourth-order valence-electron chi connectivity index (χ4n) is 3.09. The lowest BCUT2D eigenvalue weighted by Gasteiger charge is -2.15. The van der Waals surface area contributed by atoms with Gasteiger partial charge in [-0.05, 0) is 52.0 Å². The van der Waals surface area contributed by atoms with Crippen molar-refractivity contribution in [3.05, 3.63) is 24.3 Å². The summed E-state index contributed by atoms with van der Waals surface area (Å²) in [5.41, 5.74) is 0.813. The number of quaternary nitrogens is 2. The van der Waals surface area contributed by atoms with Gasteiger partial charge in [0.1, 0.15) is 0 Å². The highest BCUT2D eigenvalue weighted by Gasteiger charge is 2.16. The van der Waals surface area contributed by atoms with Gasteiger partial charge < -0.3 is 55.9 Å². The molecule has 6 N–H and O–H groups in total. The lowest BCUT2D eigenvalue weighted by molar-refractivity contribution is -0.895. The van der Waals surface area contributed by atoms with Crippen molar-refractivity contribution >= 4 is 35.0 Å². The molecule has 0 saturated carbocycles. The van der Waals surface area contributed by atoms with Gasteiger partial charge in [-0.2, -0.15) is 0 Å². The van der Waals surface area contributed by atoms with E-state index in [1.54, 1.807) is 24.3 Å². The topological polar surface area (TPSA) is 125 Å². The van der Waals surface area contributed by atoms with Gasteiger partial charge in [0.15, 0.2) is 0 Å². The Kier molecular flexibility index (Phi) is 18.8. The molecule has 0 aromatic heterocycles. The summed E-state index contributed by atoms with van der Waals surface area (Å²) in [6, 6.07) is 6.18. The molecule has 4 amide bonds. The highest BCUT2D eigenvalue weighted by atomic mass is 35.5. The number of carbonyl (C=O) groups excluding carboxylic acids is 4. The van der Waals surface area contributed by atoms with E-state index >= 15 is 0 Å². The van der Waals surface area contributed by atoms with Crippen molar-refractivity contribution in [3.8, 4) is 0 Å². The Bertz CT molecular complexity index is 693. The first-order valence-corrected chi connectivity index (χ1v) is 11.3. The summed E-state index contributed by atoms with van der Waals surface area (Å²) in [4.78, 5) is 50.6. The molecule has 12 heteroatoms. The Balaban J connectivity index is 0. The molecule has 0 saturated heterocycles. The van der Waals surface area contributed by atoms with E-state index in [2.05, 4.69) is 49.0 Å². The van der Waals surface area contributed by atoms with Crippen molar-refractivity contribution in [3.63, 3.8) is 0 Å². The molecule has 0 spiro atoms. The van der Waals surface area contributed by atoms with Crippen molar-refractivity contribution in [1.82, 2.24) is 10.6 Å². The van der Waals surface area contributed by atoms with E-state index in [1.807, 2.05) is 0 Å². The van der Waals surface area contributed by atoms with Gasteiger partial charge in [-0.3, -0.25) is 19.2 Å². The number of anilines is 2. The SMILES string of the molecule is CC[NH+](CC)CCNC(=O)C(=O)Nc1ccc(NC(=O)C(=O)NCC[NH+](CC)CC)cc1.[Cl-].[Cl-]. The molecule has 1 aromatic carbocycles. The van der Waals surface area contributed by atoms with E-state index in [0.29, 0.717) is 24.5 Å². The predicted molar refractivity (Wildman–Crippen MR) is 124 cm³/mol. The van der Waals surface area contributed by atoms with Crippen LogP contribution in [0.15, 0.2) is 24.3 Å². The molecule has 0 aliphatic rings. The maximum absolute atomic E-state index is 12.0. The summed E-state index contributed by atoms with van der Waals surface area (Å²) in [6.07, 6.45) is 0. The molecule has 0 atom stereocenters. The average Bonchev–Trinajstić information content (AvgIpc) is 2.80. The number of benzene rings is 1. The van der Waals surface area contributed by atoms with Crippen LogP contribution in [-0.4, -0.2) is 76.0 Å². The Hall–Kier alpha value is -2.40. The summed E-state index contributed by atoms with van der Waals surface area (Å²) in [6.45, 7) is 14.5. The van der Waals surface area contributed by atoms with E-state index < -0.39 is 23.6 Å². The van der Waals surface area contributed by atoms with E-state index in [9.17, 15) is 19.2 Å². The number of hydrogen-bond acceptors (Lipinski definition) is 4. The maximum atomic E-state index is 12.0. The van der Waals surface area contributed by atoms with Crippen molar-refractivity contribution in [2.24, 2.45) is 0 Å². The molecule has 1 rings (SSSR count). The minimum atomic E-state index is -0.758. The molecule has 10 nitrogen and oxygen atoms in total. The van der Waals surface area contributed by atoms with Crippen LogP contribution < -0.4 is 55.9 Å². The van der Waals surface area contributed by atoms with Crippen LogP contribution in [0.3, 0.4) is 0 Å². The molecule has 1 aromatic rings. The molecular formula is C22H38Cl2N6O4. The second-order valence-electron chi connectivity index (χ2n) is 7.41. The van der Waals surface area contributed by atoms with E-state index in [0.717, 1.165) is 39.3 Å². The van der Waals surface area contributed by atoms with Crippen LogP contribution >= 0.6 is 0 Å². The zero-order valence-corrected chi connectivity index (χ0v) is 21.9. The highest BCUT2D eigenvalue weighted by molar-refractivity contribution is 6.40. The molecular weight excluding hydrogens is 483 g/mol. The third-order valence-corrected chi connectivity index (χ3v) is 5.34. The lowest BCUT2D eigenvalue weighted by atomic mass is 10.2. The first-order chi connectivity index (χ1) is 15.3. The Morgan fingerprint density at radius 3 is 1.15 bits per heavy atom. The number of amides is 4. The zero-order valence-electron chi connectivity index (χ0n) is 20.4. The number of rotatable bonds is 12. The summed E-state index contributed by atoms with van der Waals surface area (Å²) in [7, 11) is 0. The summed E-state index contributed by atoms with van der Waals surface area (Å²) < 4.78 is 0. The van der Waals surface area contributed by atoms with Crippen LogP contribution in [0.4, 0.5) is 11.4 Å². The second-order valence-corrected chi connectivity index (χ2v) is 7.41. The number of likely N-dealkylation sites (N-methyl/N-ethyl adjacent to an activating group) is 2. The van der Waals surface area contributed by atoms with Crippen LogP contribution in [-0.2, 0) is 19.2 Å². The van der Waals surface area contributed by atoms with E-state index in [1.165, 1.54) is 9.80 Å². The first kappa shape index (κ1) is 33.8. The minimum absolute atomic E-state index is 0. The summed E-state index contributed by atoms with van der Waals surface area (Å²) in [5, 5.41) is 10.2. The number of hydrogen-bond donors (Lipinski definition) is 6. The molecule has 0 heterocycles. The van der Waals surface area contributed by atoms with Gasteiger partial charge >= 0.3 is 23.6 Å². The normalized spacial score (nSPS) is 10.1. The largest absolute Gasteiger partial charge is 1.00 e. The van der Waals surface area contributed by atoms with Crippen molar-refractivity contribution < 1.29 is 53.8 Å². The first-order valence-electron chi connectivity index (χ1n) is 11.3. The molecule has 0 bridgehead atoms. The number of nitrogens with one attached hydrogen (secondary N) is 6. The minimum Gasteiger partial charge on any atom is -1.00 e. The predicted octanol–water partition coefficient (Wildman–Crippen LogP) is -8.35. The quantitative estimate of drug-likeness (QED) is 0.153. The molecule has 34 heavy (non-hydrogen) atoms. The third-order valence-electron chi connectivity index (χ3n) is 5.34. The molecule has 0 unspecified atom stereocenters. The molecule has 0 aliphatic heterocycles. The maximum Gasteiger partial charge on any atom is 0.313 e. The number of halogens is 2. The van der Waals surface area contributed by atoms with Crippen molar-refractivity contribution in [2.75, 3.05) is 63.0 Å². The fourth-order valence-corrected chi connectivity index (χ4v) is 3.09. The molecule has 194 valence electrons. The van der Waals surface area contributed by atoms with E-state index in [4.69, 9.17) is 0 Å². The third kappa shape index (κ3) is 12.7. The fraction of sp³-hybridized carbons (Fsp3) is 0.545. The second kappa shape index (κ2) is 19.0. The average molecular weight is 521 g/mol. The Morgan fingerprint density at radius 2 is 0.882 bits per heavy atom. The summed E-state index contributed by atoms with van der Waals surface area (Å²) in [5.74, 6) is -2.91. The van der Waals surface area contributed by atoms with Crippen LogP contribution in [0.2, 0.25) is 0 Å². The van der Waals surface area contributed by atoms with Gasteiger partial charge in [0.2, 0.25) is 0 Å². The van der Waals surface area contributed by atoms with Crippen LogP contribution in [0.25, 0.3) is 0 Å².